The minimum absolute atomic E-state index is 0.0228. The van der Waals surface area contributed by atoms with Crippen molar-refractivity contribution in [1.29, 1.82) is 0 Å². The Bertz CT molecular complexity index is 877. The van der Waals surface area contributed by atoms with Gasteiger partial charge in [-0.15, -0.1) is 0 Å². The molecule has 14 heteroatoms. The van der Waals surface area contributed by atoms with E-state index in [1.54, 1.807) is 29.2 Å². The van der Waals surface area contributed by atoms with E-state index in [1.165, 1.54) is 11.8 Å². The molecule has 1 rings (SSSR count). The van der Waals surface area contributed by atoms with Gasteiger partial charge in [-0.25, -0.2) is 4.79 Å². The van der Waals surface area contributed by atoms with Crippen LogP contribution in [-0.4, -0.2) is 119 Å². The van der Waals surface area contributed by atoms with Gasteiger partial charge >= 0.3 is 29.8 Å². The number of hydrogen-bond acceptors (Lipinski definition) is 9. The third-order valence-corrected chi connectivity index (χ3v) is 4.91. The van der Waals surface area contributed by atoms with E-state index in [4.69, 9.17) is 15.3 Å². The highest BCUT2D eigenvalue weighted by molar-refractivity contribution is 5.78. The molecule has 0 saturated heterocycles. The summed E-state index contributed by atoms with van der Waals surface area (Å²) in [5.41, 5.74) is 0.961. The molecule has 1 aromatic rings. The first-order chi connectivity index (χ1) is 16.4. The predicted molar refractivity (Wildman–Crippen MR) is 123 cm³/mol. The normalized spacial score (nSPS) is 11.6. The fourth-order valence-electron chi connectivity index (χ4n) is 3.25. The molecule has 1 atom stereocenters. The van der Waals surface area contributed by atoms with Gasteiger partial charge in [0, 0.05) is 37.6 Å². The minimum atomic E-state index is -1.22. The van der Waals surface area contributed by atoms with Gasteiger partial charge in [-0.2, -0.15) is 0 Å². The fourth-order valence-corrected chi connectivity index (χ4v) is 3.25. The first kappa shape index (κ1) is 29.1. The van der Waals surface area contributed by atoms with Gasteiger partial charge in [-0.05, 0) is 31.2 Å². The minimum Gasteiger partial charge on any atom is -0.480 e. The van der Waals surface area contributed by atoms with Crippen molar-refractivity contribution < 1.29 is 49.5 Å². The summed E-state index contributed by atoms with van der Waals surface area (Å²) < 4.78 is 0. The lowest BCUT2D eigenvalue weighted by Gasteiger charge is -2.30. The summed E-state index contributed by atoms with van der Waals surface area (Å²) in [7, 11) is 0. The molecule has 0 aliphatic heterocycles. The lowest BCUT2D eigenvalue weighted by molar-refractivity contribution is -0.142. The van der Waals surface area contributed by atoms with E-state index in [-0.39, 0.29) is 32.7 Å². The first-order valence-electron chi connectivity index (χ1n) is 10.6. The summed E-state index contributed by atoms with van der Waals surface area (Å²) in [5.74, 6) is -5.72. The van der Waals surface area contributed by atoms with Gasteiger partial charge in [0.15, 0.2) is 0 Å². The molecule has 0 fully saturated rings. The number of aliphatic carboxylic acids is 5. The average molecular weight is 498 g/mol. The highest BCUT2D eigenvalue weighted by Gasteiger charge is 2.22. The molecular formula is C21H30N4O10. The number of nitrogens with one attached hydrogen (secondary N) is 1. The van der Waals surface area contributed by atoms with E-state index in [0.717, 1.165) is 4.90 Å². The van der Waals surface area contributed by atoms with Gasteiger partial charge in [0.25, 0.3) is 0 Å². The van der Waals surface area contributed by atoms with Crippen molar-refractivity contribution >= 4 is 41.2 Å². The molecule has 0 radical (unpaired) electrons. The zero-order valence-electron chi connectivity index (χ0n) is 19.2. The molecule has 35 heavy (non-hydrogen) atoms. The third kappa shape index (κ3) is 11.2. The quantitative estimate of drug-likeness (QED) is 0.134. The van der Waals surface area contributed by atoms with Crippen LogP contribution >= 0.6 is 0 Å². The molecule has 1 aromatic carbocycles. The van der Waals surface area contributed by atoms with Gasteiger partial charge in [0.05, 0.1) is 19.6 Å². The van der Waals surface area contributed by atoms with Gasteiger partial charge in [-0.3, -0.25) is 24.1 Å². The number of hydrogen-bond donors (Lipinski definition) is 6. The number of benzene rings is 1. The largest absolute Gasteiger partial charge is 0.480 e. The summed E-state index contributed by atoms with van der Waals surface area (Å²) in [6.45, 7) is 0.127. The van der Waals surface area contributed by atoms with Crippen LogP contribution in [0.15, 0.2) is 24.3 Å². The third-order valence-electron chi connectivity index (χ3n) is 4.91. The second-order valence-electron chi connectivity index (χ2n) is 7.61. The van der Waals surface area contributed by atoms with Crippen molar-refractivity contribution in [3.8, 4) is 0 Å². The number of carbonyl (C=O) groups is 5. The second kappa shape index (κ2) is 14.4. The van der Waals surface area contributed by atoms with Crippen molar-refractivity contribution in [2.45, 2.75) is 13.0 Å². The van der Waals surface area contributed by atoms with E-state index in [1.807, 2.05) is 0 Å². The van der Waals surface area contributed by atoms with Gasteiger partial charge in [-0.1, -0.05) is 0 Å². The van der Waals surface area contributed by atoms with Gasteiger partial charge < -0.3 is 40.6 Å². The Labute approximate surface area is 201 Å². The molecule has 0 unspecified atom stereocenters. The lowest BCUT2D eigenvalue weighted by Crippen LogP contribution is -2.43. The maximum Gasteiger partial charge on any atom is 0.326 e. The summed E-state index contributed by atoms with van der Waals surface area (Å²) in [6.07, 6.45) is 0. The smallest absolute Gasteiger partial charge is 0.326 e. The molecule has 0 bridgehead atoms. The Balaban J connectivity index is 3.03. The van der Waals surface area contributed by atoms with Gasteiger partial charge in [0.2, 0.25) is 0 Å². The summed E-state index contributed by atoms with van der Waals surface area (Å²) in [4.78, 5) is 59.7. The molecule has 0 aliphatic carbocycles. The molecular weight excluding hydrogens is 468 g/mol. The Hall–Kier alpha value is -3.91. The van der Waals surface area contributed by atoms with Crippen LogP contribution in [0.3, 0.4) is 0 Å². The van der Waals surface area contributed by atoms with Crippen LogP contribution in [0, 0.1) is 0 Å². The lowest BCUT2D eigenvalue weighted by atomic mass is 10.2. The van der Waals surface area contributed by atoms with Crippen molar-refractivity contribution in [2.24, 2.45) is 0 Å². The van der Waals surface area contributed by atoms with Crippen LogP contribution < -0.4 is 15.1 Å². The maximum absolute atomic E-state index is 11.5. The SMILES string of the molecule is C[C@@H](C(=O)O)N(CCNCC(=O)O)c1ccc(N(CCN(CC(=O)O)CC(=O)O)CC(=O)O)cc1. The fraction of sp³-hybridized carbons (Fsp3) is 0.476. The van der Waals surface area contributed by atoms with Crippen LogP contribution in [-0.2, 0) is 24.0 Å². The Morgan fingerprint density at radius 1 is 0.743 bits per heavy atom. The zero-order valence-corrected chi connectivity index (χ0v) is 19.2. The molecule has 0 saturated carbocycles. The Morgan fingerprint density at radius 2 is 1.26 bits per heavy atom. The number of carboxylic acid groups (broad SMARTS) is 5. The molecule has 194 valence electrons. The van der Waals surface area contributed by atoms with E-state index in [9.17, 15) is 34.2 Å². The van der Waals surface area contributed by atoms with Crippen molar-refractivity contribution in [3.63, 3.8) is 0 Å². The van der Waals surface area contributed by atoms with Crippen LogP contribution in [0.2, 0.25) is 0 Å². The summed E-state index contributed by atoms with van der Waals surface area (Å²) in [6, 6.07) is 5.40. The Morgan fingerprint density at radius 3 is 1.71 bits per heavy atom. The van der Waals surface area contributed by atoms with Crippen LogP contribution in [0.1, 0.15) is 6.92 Å². The zero-order chi connectivity index (χ0) is 26.5. The standard InChI is InChI=1S/C21H30N4O10/c1-14(21(34)35)25(7-6-22-10-17(26)27)16-4-2-15(3-5-16)24(13-20(32)33)9-8-23(11-18(28)29)12-19(30)31/h2-5,14,22H,6-13H2,1H3,(H,26,27)(H,28,29)(H,30,31)(H,32,33)(H,34,35)/t14-/m0/s1. The number of carboxylic acids is 5. The molecule has 0 aromatic heterocycles. The maximum atomic E-state index is 11.5. The number of anilines is 2. The number of nitrogens with zero attached hydrogens (tertiary/aromatic N) is 3. The number of rotatable bonds is 18. The first-order valence-corrected chi connectivity index (χ1v) is 10.6. The van der Waals surface area contributed by atoms with E-state index < -0.39 is 55.5 Å². The molecule has 0 amide bonds. The highest BCUT2D eigenvalue weighted by Crippen LogP contribution is 2.22. The topological polar surface area (TPSA) is 208 Å². The monoisotopic (exact) mass is 498 g/mol. The van der Waals surface area contributed by atoms with Crippen LogP contribution in [0.4, 0.5) is 11.4 Å². The second-order valence-corrected chi connectivity index (χ2v) is 7.61. The summed E-state index contributed by atoms with van der Waals surface area (Å²) in [5, 5.41) is 48.1. The molecule has 6 N–H and O–H groups in total. The van der Waals surface area contributed by atoms with Crippen molar-refractivity contribution in [2.75, 3.05) is 62.2 Å². The van der Waals surface area contributed by atoms with Gasteiger partial charge in [0.1, 0.15) is 12.6 Å². The van der Waals surface area contributed by atoms with Crippen molar-refractivity contribution in [3.05, 3.63) is 24.3 Å². The van der Waals surface area contributed by atoms with E-state index in [2.05, 4.69) is 5.32 Å². The molecule has 0 spiro atoms. The highest BCUT2D eigenvalue weighted by atomic mass is 16.4. The molecule has 0 heterocycles. The van der Waals surface area contributed by atoms with E-state index >= 15 is 0 Å². The van der Waals surface area contributed by atoms with Crippen LogP contribution in [0.5, 0.6) is 0 Å². The Kier molecular flexibility index (Phi) is 12.0. The van der Waals surface area contributed by atoms with Crippen LogP contribution in [0.25, 0.3) is 0 Å². The van der Waals surface area contributed by atoms with Crippen molar-refractivity contribution in [1.82, 2.24) is 10.2 Å². The predicted octanol–water partition coefficient (Wildman–Crippen LogP) is -0.997. The molecule has 14 nitrogen and oxygen atoms in total. The average Bonchev–Trinajstić information content (AvgIpc) is 2.75. The molecule has 0 aliphatic rings. The van der Waals surface area contributed by atoms with E-state index in [0.29, 0.717) is 11.4 Å². The summed E-state index contributed by atoms with van der Waals surface area (Å²) >= 11 is 0.